The fourth-order valence-electron chi connectivity index (χ4n) is 1.74. The highest BCUT2D eigenvalue weighted by Crippen LogP contribution is 2.29. The molecule has 0 fully saturated rings. The number of halogens is 3. The predicted molar refractivity (Wildman–Crippen MR) is 72.0 cm³/mol. The summed E-state index contributed by atoms with van der Waals surface area (Å²) in [5.41, 5.74) is 0.606. The van der Waals surface area contributed by atoms with Crippen LogP contribution in [0, 0.1) is 0 Å². The van der Waals surface area contributed by atoms with E-state index in [1.54, 1.807) is 12.1 Å². The number of rotatable bonds is 5. The molecule has 0 radical (unpaired) electrons. The standard InChI is InChI=1S/C14H14F3N3O2/c1-2-3-7-18-12(21)10-6-4-5-9(8-10)11-19-13(22-20-11)14(15,16)17/h4-6,8H,2-3,7H2,1H3,(H,18,21). The summed E-state index contributed by atoms with van der Waals surface area (Å²) >= 11 is 0. The third kappa shape index (κ3) is 3.84. The molecule has 0 saturated heterocycles. The molecule has 1 aromatic carbocycles. The third-order valence-corrected chi connectivity index (χ3v) is 2.87. The van der Waals surface area contributed by atoms with Crippen LogP contribution < -0.4 is 5.32 Å². The Morgan fingerprint density at radius 3 is 2.77 bits per heavy atom. The van der Waals surface area contributed by atoms with Crippen molar-refractivity contribution in [2.45, 2.75) is 25.9 Å². The number of benzene rings is 1. The van der Waals surface area contributed by atoms with Gasteiger partial charge in [-0.1, -0.05) is 30.6 Å². The van der Waals surface area contributed by atoms with Gasteiger partial charge in [0.2, 0.25) is 5.82 Å². The molecule has 2 aromatic rings. The molecule has 8 heteroatoms. The van der Waals surface area contributed by atoms with Gasteiger partial charge in [0, 0.05) is 17.7 Å². The molecular formula is C14H14F3N3O2. The largest absolute Gasteiger partial charge is 0.471 e. The normalized spacial score (nSPS) is 11.5. The number of carbonyl (C=O) groups is 1. The number of aromatic nitrogens is 2. The van der Waals surface area contributed by atoms with Crippen LogP contribution in [0.1, 0.15) is 36.0 Å². The first-order chi connectivity index (χ1) is 10.4. The van der Waals surface area contributed by atoms with E-state index in [4.69, 9.17) is 0 Å². The second-order valence-corrected chi connectivity index (χ2v) is 4.61. The summed E-state index contributed by atoms with van der Waals surface area (Å²) in [5, 5.41) is 6.02. The number of amides is 1. The number of nitrogens with one attached hydrogen (secondary N) is 1. The van der Waals surface area contributed by atoms with Crippen LogP contribution in [0.25, 0.3) is 11.4 Å². The van der Waals surface area contributed by atoms with Crippen molar-refractivity contribution in [3.8, 4) is 11.4 Å². The van der Waals surface area contributed by atoms with Gasteiger partial charge in [-0.2, -0.15) is 18.2 Å². The Morgan fingerprint density at radius 1 is 1.36 bits per heavy atom. The van der Waals surface area contributed by atoms with Gasteiger partial charge in [0.15, 0.2) is 0 Å². The van der Waals surface area contributed by atoms with Crippen LogP contribution in [0.3, 0.4) is 0 Å². The van der Waals surface area contributed by atoms with Gasteiger partial charge in [-0.05, 0) is 18.6 Å². The van der Waals surface area contributed by atoms with E-state index in [0.29, 0.717) is 12.1 Å². The van der Waals surface area contributed by atoms with Gasteiger partial charge < -0.3 is 9.84 Å². The number of hydrogen-bond acceptors (Lipinski definition) is 4. The van der Waals surface area contributed by atoms with E-state index < -0.39 is 12.1 Å². The molecular weight excluding hydrogens is 299 g/mol. The lowest BCUT2D eigenvalue weighted by Gasteiger charge is -2.05. The molecule has 0 atom stereocenters. The van der Waals surface area contributed by atoms with Crippen molar-refractivity contribution in [1.29, 1.82) is 0 Å². The van der Waals surface area contributed by atoms with Crippen LogP contribution in [-0.4, -0.2) is 22.6 Å². The fraction of sp³-hybridized carbons (Fsp3) is 0.357. The molecule has 0 unspecified atom stereocenters. The molecule has 2 rings (SSSR count). The summed E-state index contributed by atoms with van der Waals surface area (Å²) in [6, 6.07) is 6.04. The molecule has 1 amide bonds. The Kier molecular flexibility index (Phi) is 4.79. The number of hydrogen-bond donors (Lipinski definition) is 1. The lowest BCUT2D eigenvalue weighted by molar-refractivity contribution is -0.159. The van der Waals surface area contributed by atoms with Crippen molar-refractivity contribution in [3.05, 3.63) is 35.7 Å². The first-order valence-corrected chi connectivity index (χ1v) is 6.71. The minimum absolute atomic E-state index is 0.212. The predicted octanol–water partition coefficient (Wildman–Crippen LogP) is 3.29. The Hall–Kier alpha value is -2.38. The smallest absolute Gasteiger partial charge is 0.352 e. The van der Waals surface area contributed by atoms with Crippen molar-refractivity contribution in [1.82, 2.24) is 15.5 Å². The van der Waals surface area contributed by atoms with Crippen molar-refractivity contribution in [2.24, 2.45) is 0 Å². The molecule has 0 aliphatic heterocycles. The van der Waals surface area contributed by atoms with Gasteiger partial charge in [-0.15, -0.1) is 0 Å². The van der Waals surface area contributed by atoms with Crippen LogP contribution >= 0.6 is 0 Å². The topological polar surface area (TPSA) is 68.0 Å². The first-order valence-electron chi connectivity index (χ1n) is 6.71. The number of unbranched alkanes of at least 4 members (excludes halogenated alkanes) is 1. The van der Waals surface area contributed by atoms with Gasteiger partial charge in [0.1, 0.15) is 0 Å². The summed E-state index contributed by atoms with van der Waals surface area (Å²) in [7, 11) is 0. The van der Waals surface area contributed by atoms with E-state index in [2.05, 4.69) is 20.0 Å². The lowest BCUT2D eigenvalue weighted by atomic mass is 10.1. The Bertz CT molecular complexity index is 653. The van der Waals surface area contributed by atoms with Crippen LogP contribution in [0.2, 0.25) is 0 Å². The summed E-state index contributed by atoms with van der Waals surface area (Å²) in [4.78, 5) is 15.2. The minimum Gasteiger partial charge on any atom is -0.352 e. The molecule has 0 bridgehead atoms. The zero-order valence-electron chi connectivity index (χ0n) is 11.8. The van der Waals surface area contributed by atoms with Crippen LogP contribution in [0.15, 0.2) is 28.8 Å². The monoisotopic (exact) mass is 313 g/mol. The average Bonchev–Trinajstić information content (AvgIpc) is 2.97. The molecule has 0 aliphatic rings. The van der Waals surface area contributed by atoms with E-state index >= 15 is 0 Å². The maximum absolute atomic E-state index is 12.4. The lowest BCUT2D eigenvalue weighted by Crippen LogP contribution is -2.24. The molecule has 118 valence electrons. The van der Waals surface area contributed by atoms with Crippen molar-refractivity contribution in [2.75, 3.05) is 6.54 Å². The van der Waals surface area contributed by atoms with Crippen molar-refractivity contribution in [3.63, 3.8) is 0 Å². The van der Waals surface area contributed by atoms with Crippen LogP contribution in [0.5, 0.6) is 0 Å². The Labute approximate surface area is 124 Å². The van der Waals surface area contributed by atoms with Crippen LogP contribution in [0.4, 0.5) is 13.2 Å². The average molecular weight is 313 g/mol. The second-order valence-electron chi connectivity index (χ2n) is 4.61. The highest BCUT2D eigenvalue weighted by molar-refractivity contribution is 5.95. The zero-order valence-corrected chi connectivity index (χ0v) is 11.8. The number of alkyl halides is 3. The molecule has 1 N–H and O–H groups in total. The molecule has 22 heavy (non-hydrogen) atoms. The quantitative estimate of drug-likeness (QED) is 0.860. The maximum Gasteiger partial charge on any atom is 0.471 e. The Balaban J connectivity index is 2.18. The first kappa shape index (κ1) is 16.0. The molecule has 0 saturated carbocycles. The summed E-state index contributed by atoms with van der Waals surface area (Å²) in [6.07, 6.45) is -2.89. The van der Waals surface area contributed by atoms with E-state index in [9.17, 15) is 18.0 Å². The summed E-state index contributed by atoms with van der Waals surface area (Å²) in [5.74, 6) is -1.93. The van der Waals surface area contributed by atoms with E-state index in [-0.39, 0.29) is 17.3 Å². The Morgan fingerprint density at radius 2 is 2.14 bits per heavy atom. The van der Waals surface area contributed by atoms with E-state index in [1.807, 2.05) is 6.92 Å². The van der Waals surface area contributed by atoms with Crippen molar-refractivity contribution < 1.29 is 22.5 Å². The molecule has 1 aromatic heterocycles. The third-order valence-electron chi connectivity index (χ3n) is 2.87. The summed E-state index contributed by atoms with van der Waals surface area (Å²) < 4.78 is 41.5. The SMILES string of the molecule is CCCCNC(=O)c1cccc(-c2noc(C(F)(F)F)n2)c1. The van der Waals surface area contributed by atoms with Gasteiger partial charge in [0.05, 0.1) is 0 Å². The zero-order chi connectivity index (χ0) is 16.2. The highest BCUT2D eigenvalue weighted by Gasteiger charge is 2.38. The van der Waals surface area contributed by atoms with Crippen molar-refractivity contribution >= 4 is 5.91 Å². The van der Waals surface area contributed by atoms with E-state index in [1.165, 1.54) is 12.1 Å². The highest BCUT2D eigenvalue weighted by atomic mass is 19.4. The molecule has 0 spiro atoms. The maximum atomic E-state index is 12.4. The van der Waals surface area contributed by atoms with Gasteiger partial charge in [-0.3, -0.25) is 4.79 Å². The number of nitrogens with zero attached hydrogens (tertiary/aromatic N) is 2. The molecule has 1 heterocycles. The molecule has 5 nitrogen and oxygen atoms in total. The second kappa shape index (κ2) is 6.59. The fourth-order valence-corrected chi connectivity index (χ4v) is 1.74. The van der Waals surface area contributed by atoms with E-state index in [0.717, 1.165) is 12.8 Å². The van der Waals surface area contributed by atoms with Crippen LogP contribution in [-0.2, 0) is 6.18 Å². The minimum atomic E-state index is -4.69. The molecule has 0 aliphatic carbocycles. The van der Waals surface area contributed by atoms with Gasteiger partial charge in [-0.25, -0.2) is 0 Å². The van der Waals surface area contributed by atoms with Gasteiger partial charge in [0.25, 0.3) is 5.91 Å². The van der Waals surface area contributed by atoms with Gasteiger partial charge >= 0.3 is 12.1 Å². The number of carbonyl (C=O) groups excluding carboxylic acids is 1. The summed E-state index contributed by atoms with van der Waals surface area (Å²) in [6.45, 7) is 2.54.